The summed E-state index contributed by atoms with van der Waals surface area (Å²) in [5.41, 5.74) is 2.34. The topological polar surface area (TPSA) is 49.3 Å². The van der Waals surface area contributed by atoms with Crippen LogP contribution in [0.25, 0.3) is 0 Å². The van der Waals surface area contributed by atoms with Crippen LogP contribution >= 0.6 is 0 Å². The molecule has 0 fully saturated rings. The Labute approximate surface area is 103 Å². The lowest BCUT2D eigenvalue weighted by atomic mass is 9.98. The van der Waals surface area contributed by atoms with Crippen LogP contribution in [-0.4, -0.2) is 17.1 Å². The molecule has 1 aromatic rings. The molecule has 2 atom stereocenters. The van der Waals surface area contributed by atoms with Crippen molar-refractivity contribution in [2.24, 2.45) is 5.92 Å². The molecule has 0 aromatic heterocycles. The van der Waals surface area contributed by atoms with Crippen LogP contribution in [-0.2, 0) is 11.3 Å². The third kappa shape index (κ3) is 3.86. The van der Waals surface area contributed by atoms with Gasteiger partial charge in [0.05, 0.1) is 0 Å². The van der Waals surface area contributed by atoms with E-state index in [9.17, 15) is 4.79 Å². The van der Waals surface area contributed by atoms with E-state index < -0.39 is 12.0 Å². The average Bonchev–Trinajstić information content (AvgIpc) is 2.30. The second-order valence-corrected chi connectivity index (χ2v) is 4.51. The molecule has 3 heteroatoms. The molecule has 1 rings (SSSR count). The van der Waals surface area contributed by atoms with Gasteiger partial charge in [-0.3, -0.25) is 4.79 Å². The number of hydrogen-bond acceptors (Lipinski definition) is 2. The first-order valence-electron chi connectivity index (χ1n) is 6.07. The van der Waals surface area contributed by atoms with Gasteiger partial charge in [0.25, 0.3) is 0 Å². The molecule has 0 spiro atoms. The van der Waals surface area contributed by atoms with Crippen LogP contribution in [0.5, 0.6) is 0 Å². The number of carboxylic acids is 1. The maximum atomic E-state index is 11.1. The maximum absolute atomic E-state index is 11.1. The molecule has 0 aliphatic carbocycles. The van der Waals surface area contributed by atoms with E-state index in [0.717, 1.165) is 12.0 Å². The predicted molar refractivity (Wildman–Crippen MR) is 68.9 cm³/mol. The first-order valence-corrected chi connectivity index (χ1v) is 6.07. The summed E-state index contributed by atoms with van der Waals surface area (Å²) in [6, 6.07) is 7.55. The molecular weight excluding hydrogens is 214 g/mol. The molecule has 3 nitrogen and oxygen atoms in total. The summed E-state index contributed by atoms with van der Waals surface area (Å²) in [5, 5.41) is 12.3. The molecular formula is C14H21NO2. The Morgan fingerprint density at radius 3 is 2.59 bits per heavy atom. The number of carboxylic acid groups (broad SMARTS) is 1. The highest BCUT2D eigenvalue weighted by molar-refractivity contribution is 5.73. The van der Waals surface area contributed by atoms with Crippen molar-refractivity contribution in [1.29, 1.82) is 0 Å². The Morgan fingerprint density at radius 1 is 1.41 bits per heavy atom. The Kier molecular flexibility index (Phi) is 5.16. The van der Waals surface area contributed by atoms with E-state index >= 15 is 0 Å². The first-order chi connectivity index (χ1) is 8.06. The van der Waals surface area contributed by atoms with Gasteiger partial charge in [0.2, 0.25) is 0 Å². The van der Waals surface area contributed by atoms with E-state index in [2.05, 4.69) is 5.32 Å². The summed E-state index contributed by atoms with van der Waals surface area (Å²) in [6.45, 7) is 6.61. The van der Waals surface area contributed by atoms with Gasteiger partial charge in [-0.05, 0) is 24.0 Å². The predicted octanol–water partition coefficient (Wildman–Crippen LogP) is 2.58. The summed E-state index contributed by atoms with van der Waals surface area (Å²) < 4.78 is 0. The average molecular weight is 235 g/mol. The van der Waals surface area contributed by atoms with Crippen LogP contribution < -0.4 is 5.32 Å². The van der Waals surface area contributed by atoms with Crippen molar-refractivity contribution < 1.29 is 9.90 Å². The van der Waals surface area contributed by atoms with Crippen molar-refractivity contribution in [1.82, 2.24) is 5.32 Å². The Balaban J connectivity index is 2.64. The summed E-state index contributed by atoms with van der Waals surface area (Å²) in [6.07, 6.45) is 0.859. The standard InChI is InChI=1S/C14H21NO2/c1-4-10(2)13(14(16)17)15-9-12-8-6-5-7-11(12)3/h5-8,10,13,15H,4,9H2,1-3H3,(H,16,17)/t10-,13-/m0/s1. The Hall–Kier alpha value is -1.35. The Bertz CT molecular complexity index is 376. The molecule has 2 N–H and O–H groups in total. The van der Waals surface area contributed by atoms with Crippen molar-refractivity contribution in [3.63, 3.8) is 0 Å². The number of aliphatic carboxylic acids is 1. The van der Waals surface area contributed by atoms with Crippen molar-refractivity contribution >= 4 is 5.97 Å². The monoisotopic (exact) mass is 235 g/mol. The summed E-state index contributed by atoms with van der Waals surface area (Å²) in [4.78, 5) is 11.1. The molecule has 94 valence electrons. The van der Waals surface area contributed by atoms with Crippen molar-refractivity contribution in [2.75, 3.05) is 0 Å². The third-order valence-electron chi connectivity index (χ3n) is 3.25. The second kappa shape index (κ2) is 6.40. The van der Waals surface area contributed by atoms with Gasteiger partial charge >= 0.3 is 5.97 Å². The van der Waals surface area contributed by atoms with Crippen LogP contribution in [0.15, 0.2) is 24.3 Å². The largest absolute Gasteiger partial charge is 0.480 e. The smallest absolute Gasteiger partial charge is 0.320 e. The van der Waals surface area contributed by atoms with Crippen LogP contribution in [0, 0.1) is 12.8 Å². The highest BCUT2D eigenvalue weighted by Gasteiger charge is 2.22. The fourth-order valence-electron chi connectivity index (χ4n) is 1.80. The van der Waals surface area contributed by atoms with Gasteiger partial charge in [0.15, 0.2) is 0 Å². The highest BCUT2D eigenvalue weighted by Crippen LogP contribution is 2.11. The second-order valence-electron chi connectivity index (χ2n) is 4.51. The van der Waals surface area contributed by atoms with Gasteiger partial charge in [-0.2, -0.15) is 0 Å². The maximum Gasteiger partial charge on any atom is 0.320 e. The zero-order valence-electron chi connectivity index (χ0n) is 10.7. The van der Waals surface area contributed by atoms with Crippen LogP contribution in [0.2, 0.25) is 0 Å². The van der Waals surface area contributed by atoms with Gasteiger partial charge in [-0.1, -0.05) is 44.5 Å². The molecule has 0 radical (unpaired) electrons. The minimum absolute atomic E-state index is 0.136. The highest BCUT2D eigenvalue weighted by atomic mass is 16.4. The zero-order chi connectivity index (χ0) is 12.8. The molecule has 0 heterocycles. The minimum atomic E-state index is -0.770. The van der Waals surface area contributed by atoms with Gasteiger partial charge in [0, 0.05) is 6.54 Å². The number of hydrogen-bond donors (Lipinski definition) is 2. The summed E-state index contributed by atoms with van der Waals surface area (Å²) >= 11 is 0. The molecule has 1 aromatic carbocycles. The lowest BCUT2D eigenvalue weighted by molar-refractivity contribution is -0.140. The minimum Gasteiger partial charge on any atom is -0.480 e. The SMILES string of the molecule is CC[C@H](C)[C@H](NCc1ccccc1C)C(=O)O. The molecule has 0 saturated heterocycles. The van der Waals surface area contributed by atoms with Gasteiger partial charge in [-0.15, -0.1) is 0 Å². The van der Waals surface area contributed by atoms with E-state index in [0.29, 0.717) is 6.54 Å². The van der Waals surface area contributed by atoms with E-state index in [-0.39, 0.29) is 5.92 Å². The fourth-order valence-corrected chi connectivity index (χ4v) is 1.80. The summed E-state index contributed by atoms with van der Waals surface area (Å²) in [7, 11) is 0. The lowest BCUT2D eigenvalue weighted by Crippen LogP contribution is -2.41. The number of rotatable bonds is 6. The van der Waals surface area contributed by atoms with Gasteiger partial charge < -0.3 is 10.4 Å². The lowest BCUT2D eigenvalue weighted by Gasteiger charge is -2.20. The molecule has 0 bridgehead atoms. The van der Waals surface area contributed by atoms with E-state index in [4.69, 9.17) is 5.11 Å². The van der Waals surface area contributed by atoms with E-state index in [1.54, 1.807) is 0 Å². The molecule has 0 amide bonds. The molecule has 0 aliphatic heterocycles. The fraction of sp³-hybridized carbons (Fsp3) is 0.500. The normalized spacial score (nSPS) is 14.3. The van der Waals surface area contributed by atoms with E-state index in [1.807, 2.05) is 45.0 Å². The quantitative estimate of drug-likeness (QED) is 0.796. The van der Waals surface area contributed by atoms with Crippen LogP contribution in [0.3, 0.4) is 0 Å². The molecule has 0 unspecified atom stereocenters. The first kappa shape index (κ1) is 13.7. The Morgan fingerprint density at radius 2 is 2.06 bits per heavy atom. The zero-order valence-corrected chi connectivity index (χ0v) is 10.7. The third-order valence-corrected chi connectivity index (χ3v) is 3.25. The van der Waals surface area contributed by atoms with E-state index in [1.165, 1.54) is 5.56 Å². The number of nitrogens with one attached hydrogen (secondary N) is 1. The van der Waals surface area contributed by atoms with Gasteiger partial charge in [0.1, 0.15) is 6.04 Å². The van der Waals surface area contributed by atoms with Crippen LogP contribution in [0.1, 0.15) is 31.4 Å². The van der Waals surface area contributed by atoms with Crippen molar-refractivity contribution in [2.45, 2.75) is 39.8 Å². The molecule has 0 saturated carbocycles. The summed E-state index contributed by atoms with van der Waals surface area (Å²) in [5.74, 6) is -0.635. The van der Waals surface area contributed by atoms with Crippen molar-refractivity contribution in [3.05, 3.63) is 35.4 Å². The molecule has 17 heavy (non-hydrogen) atoms. The number of carbonyl (C=O) groups is 1. The van der Waals surface area contributed by atoms with Gasteiger partial charge in [-0.25, -0.2) is 0 Å². The van der Waals surface area contributed by atoms with Crippen LogP contribution in [0.4, 0.5) is 0 Å². The number of benzene rings is 1. The number of aryl methyl sites for hydroxylation is 1. The molecule has 0 aliphatic rings. The van der Waals surface area contributed by atoms with Crippen molar-refractivity contribution in [3.8, 4) is 0 Å².